The van der Waals surface area contributed by atoms with Gasteiger partial charge in [-0.15, -0.1) is 0 Å². The Balaban J connectivity index is 1.49. The predicted molar refractivity (Wildman–Crippen MR) is 111 cm³/mol. The second-order valence-electron chi connectivity index (χ2n) is 8.28. The SMILES string of the molecule is Cc1ccnc2c1NC(=O)c1cc(OC3O[C@H](C(=O)O)[C@@H](O)[C@H](O)[C@H]3O)cnc1N2C1CC1. The Morgan fingerprint density at radius 2 is 1.94 bits per heavy atom. The van der Waals surface area contributed by atoms with E-state index in [0.717, 1.165) is 18.4 Å². The monoisotopic (exact) mass is 458 g/mol. The van der Waals surface area contributed by atoms with Crippen LogP contribution in [0.5, 0.6) is 5.75 Å². The number of carbonyl (C=O) groups excluding carboxylic acids is 1. The van der Waals surface area contributed by atoms with Crippen LogP contribution >= 0.6 is 0 Å². The van der Waals surface area contributed by atoms with E-state index in [-0.39, 0.29) is 17.4 Å². The molecule has 1 unspecified atom stereocenters. The molecule has 2 fully saturated rings. The molecule has 12 nitrogen and oxygen atoms in total. The van der Waals surface area contributed by atoms with Crippen molar-refractivity contribution in [3.8, 4) is 5.75 Å². The van der Waals surface area contributed by atoms with Crippen LogP contribution in [0.25, 0.3) is 0 Å². The van der Waals surface area contributed by atoms with E-state index in [0.29, 0.717) is 17.3 Å². The number of nitrogens with one attached hydrogen (secondary N) is 1. The Hall–Kier alpha value is -3.32. The van der Waals surface area contributed by atoms with Crippen molar-refractivity contribution in [1.82, 2.24) is 9.97 Å². The molecule has 1 amide bonds. The lowest BCUT2D eigenvalue weighted by molar-refractivity contribution is -0.271. The molecule has 0 radical (unpaired) electrons. The molecule has 3 aliphatic rings. The summed E-state index contributed by atoms with van der Waals surface area (Å²) < 4.78 is 10.7. The fraction of sp³-hybridized carbons (Fsp3) is 0.429. The summed E-state index contributed by atoms with van der Waals surface area (Å²) in [6, 6.07) is 3.33. The average Bonchev–Trinajstić information content (AvgIpc) is 3.62. The van der Waals surface area contributed by atoms with Gasteiger partial charge in [0.25, 0.3) is 5.91 Å². The van der Waals surface area contributed by atoms with Crippen LogP contribution in [0.4, 0.5) is 17.3 Å². The number of fused-ring (bicyclic) bond motifs is 2. The Labute approximate surface area is 187 Å². The first-order valence-corrected chi connectivity index (χ1v) is 10.4. The first-order valence-electron chi connectivity index (χ1n) is 10.4. The van der Waals surface area contributed by atoms with Crippen LogP contribution in [0.1, 0.15) is 28.8 Å². The maximum atomic E-state index is 13.1. The number of pyridine rings is 2. The number of aliphatic carboxylic acids is 1. The molecule has 1 saturated heterocycles. The molecule has 0 aromatic carbocycles. The molecule has 174 valence electrons. The molecular weight excluding hydrogens is 436 g/mol. The summed E-state index contributed by atoms with van der Waals surface area (Å²) in [6.45, 7) is 1.87. The zero-order valence-corrected chi connectivity index (χ0v) is 17.5. The Morgan fingerprint density at radius 1 is 1.18 bits per heavy atom. The summed E-state index contributed by atoms with van der Waals surface area (Å²) in [5.74, 6) is -0.969. The highest BCUT2D eigenvalue weighted by Crippen LogP contribution is 2.44. The summed E-state index contributed by atoms with van der Waals surface area (Å²) in [4.78, 5) is 35.2. The number of aliphatic hydroxyl groups is 3. The van der Waals surface area contributed by atoms with Gasteiger partial charge in [0.05, 0.1) is 17.4 Å². The van der Waals surface area contributed by atoms with Crippen LogP contribution in [0, 0.1) is 6.92 Å². The Bertz CT molecular complexity index is 1120. The van der Waals surface area contributed by atoms with Crippen molar-refractivity contribution in [3.05, 3.63) is 35.7 Å². The highest BCUT2D eigenvalue weighted by atomic mass is 16.7. The highest BCUT2D eigenvalue weighted by Gasteiger charge is 2.48. The summed E-state index contributed by atoms with van der Waals surface area (Å²) in [5.41, 5.74) is 1.62. The molecular formula is C21H22N4O8. The van der Waals surface area contributed by atoms with Gasteiger partial charge in [0.2, 0.25) is 6.29 Å². The number of aryl methyl sites for hydroxylation is 1. The minimum Gasteiger partial charge on any atom is -0.479 e. The molecule has 5 atom stereocenters. The Morgan fingerprint density at radius 3 is 2.64 bits per heavy atom. The van der Waals surface area contributed by atoms with Crippen LogP contribution in [-0.2, 0) is 9.53 Å². The fourth-order valence-corrected chi connectivity index (χ4v) is 3.99. The smallest absolute Gasteiger partial charge is 0.335 e. The molecule has 0 bridgehead atoms. The van der Waals surface area contributed by atoms with Gasteiger partial charge in [-0.25, -0.2) is 14.8 Å². The van der Waals surface area contributed by atoms with Crippen LogP contribution in [0.2, 0.25) is 0 Å². The number of amides is 1. The van der Waals surface area contributed by atoms with Crippen molar-refractivity contribution in [2.45, 2.75) is 56.5 Å². The third-order valence-electron chi connectivity index (χ3n) is 5.90. The summed E-state index contributed by atoms with van der Waals surface area (Å²) in [5, 5.41) is 42.1. The van der Waals surface area contributed by atoms with E-state index in [4.69, 9.17) is 9.47 Å². The van der Waals surface area contributed by atoms with Crippen LogP contribution in [-0.4, -0.2) is 79.0 Å². The molecule has 1 saturated carbocycles. The first-order chi connectivity index (χ1) is 15.8. The van der Waals surface area contributed by atoms with E-state index in [1.54, 1.807) is 12.3 Å². The average molecular weight is 458 g/mol. The van der Waals surface area contributed by atoms with Gasteiger partial charge in [-0.3, -0.25) is 4.79 Å². The second-order valence-corrected chi connectivity index (χ2v) is 8.28. The number of nitrogens with zero attached hydrogens (tertiary/aromatic N) is 3. The van der Waals surface area contributed by atoms with E-state index >= 15 is 0 Å². The lowest BCUT2D eigenvalue weighted by Crippen LogP contribution is -2.61. The molecule has 2 aromatic heterocycles. The largest absolute Gasteiger partial charge is 0.479 e. The number of hydrogen-bond acceptors (Lipinski definition) is 10. The zero-order chi connectivity index (χ0) is 23.4. The number of anilines is 3. The quantitative estimate of drug-likeness (QED) is 0.414. The maximum Gasteiger partial charge on any atom is 0.335 e. The molecule has 5 rings (SSSR count). The molecule has 0 spiro atoms. The maximum absolute atomic E-state index is 13.1. The third kappa shape index (κ3) is 3.66. The van der Waals surface area contributed by atoms with Crippen LogP contribution in [0.3, 0.4) is 0 Å². The van der Waals surface area contributed by atoms with Crippen molar-refractivity contribution < 1.29 is 39.5 Å². The number of aromatic nitrogens is 2. The number of carbonyl (C=O) groups is 2. The van der Waals surface area contributed by atoms with E-state index in [1.165, 1.54) is 12.3 Å². The summed E-state index contributed by atoms with van der Waals surface area (Å²) in [7, 11) is 0. The molecule has 4 heterocycles. The molecule has 2 aliphatic heterocycles. The van der Waals surface area contributed by atoms with Gasteiger partial charge in [-0.05, 0) is 37.5 Å². The van der Waals surface area contributed by atoms with Crippen molar-refractivity contribution >= 4 is 29.2 Å². The van der Waals surface area contributed by atoms with Gasteiger partial charge in [-0.2, -0.15) is 0 Å². The normalized spacial score (nSPS) is 28.9. The predicted octanol–water partition coefficient (Wildman–Crippen LogP) is -0.0778. The van der Waals surface area contributed by atoms with E-state index in [9.17, 15) is 30.0 Å². The van der Waals surface area contributed by atoms with Crippen molar-refractivity contribution in [1.29, 1.82) is 0 Å². The van der Waals surface area contributed by atoms with Gasteiger partial charge < -0.3 is 40.1 Å². The van der Waals surface area contributed by atoms with Gasteiger partial charge >= 0.3 is 5.97 Å². The number of aliphatic hydroxyl groups excluding tert-OH is 3. The van der Waals surface area contributed by atoms with E-state index in [1.807, 2.05) is 11.8 Å². The second kappa shape index (κ2) is 7.92. The minimum atomic E-state index is -1.84. The van der Waals surface area contributed by atoms with E-state index in [2.05, 4.69) is 15.3 Å². The van der Waals surface area contributed by atoms with Crippen LogP contribution < -0.4 is 15.0 Å². The van der Waals surface area contributed by atoms with Crippen LogP contribution in [0.15, 0.2) is 24.5 Å². The number of hydrogen-bond donors (Lipinski definition) is 5. The molecule has 33 heavy (non-hydrogen) atoms. The molecule has 1 aliphatic carbocycles. The van der Waals surface area contributed by atoms with Crippen molar-refractivity contribution in [2.75, 3.05) is 10.2 Å². The lowest BCUT2D eigenvalue weighted by atomic mass is 9.99. The minimum absolute atomic E-state index is 0.00654. The topological polar surface area (TPSA) is 175 Å². The Kier molecular flexibility index (Phi) is 5.16. The first kappa shape index (κ1) is 21.5. The fourth-order valence-electron chi connectivity index (χ4n) is 3.99. The highest BCUT2D eigenvalue weighted by molar-refractivity contribution is 6.12. The number of carboxylic acid groups (broad SMARTS) is 1. The third-order valence-corrected chi connectivity index (χ3v) is 5.90. The van der Waals surface area contributed by atoms with Gasteiger partial charge in [0, 0.05) is 12.2 Å². The summed E-state index contributed by atoms with van der Waals surface area (Å²) >= 11 is 0. The molecule has 2 aromatic rings. The van der Waals surface area contributed by atoms with Crippen molar-refractivity contribution in [3.63, 3.8) is 0 Å². The summed E-state index contributed by atoms with van der Waals surface area (Å²) in [6.07, 6.45) is -3.99. The number of carboxylic acids is 1. The molecule has 5 N–H and O–H groups in total. The van der Waals surface area contributed by atoms with Crippen molar-refractivity contribution in [2.24, 2.45) is 0 Å². The van der Waals surface area contributed by atoms with Gasteiger partial charge in [-0.1, -0.05) is 0 Å². The lowest BCUT2D eigenvalue weighted by Gasteiger charge is -2.38. The van der Waals surface area contributed by atoms with Gasteiger partial charge in [0.15, 0.2) is 11.9 Å². The standard InChI is InChI=1S/C21H22N4O8/c1-8-4-5-22-18-12(8)24-19(29)11-6-10(7-23-17(11)25(18)9-2-3-9)32-21-15(28)13(26)14(27)16(33-21)20(30)31/h4-7,9,13-16,21,26-28H,2-3H2,1H3,(H,24,29)(H,30,31)/t13-,14-,15+,16-,21?/m0/s1. The number of ether oxygens (including phenoxy) is 2. The molecule has 12 heteroatoms. The van der Waals surface area contributed by atoms with E-state index < -0.39 is 42.6 Å². The number of rotatable bonds is 4. The zero-order valence-electron chi connectivity index (χ0n) is 17.5. The van der Waals surface area contributed by atoms with Gasteiger partial charge in [0.1, 0.15) is 29.9 Å².